The quantitative estimate of drug-likeness (QED) is 0.832. The molecule has 5 heteroatoms. The Morgan fingerprint density at radius 2 is 2.25 bits per heavy atom. The molecule has 1 saturated heterocycles. The van der Waals surface area contributed by atoms with Crippen LogP contribution >= 0.6 is 11.3 Å². The van der Waals surface area contributed by atoms with E-state index in [-0.39, 0.29) is 23.1 Å². The first kappa shape index (κ1) is 15.0. The number of carbonyl (C=O) groups is 2. The van der Waals surface area contributed by atoms with Crippen molar-refractivity contribution in [2.24, 2.45) is 17.3 Å². The zero-order chi connectivity index (χ0) is 14.8. The van der Waals surface area contributed by atoms with Gasteiger partial charge in [0.15, 0.2) is 0 Å². The van der Waals surface area contributed by atoms with Crippen molar-refractivity contribution >= 4 is 23.2 Å². The van der Waals surface area contributed by atoms with E-state index >= 15 is 0 Å². The average molecular weight is 294 g/mol. The fourth-order valence-electron chi connectivity index (χ4n) is 2.60. The van der Waals surface area contributed by atoms with Gasteiger partial charge in [-0.05, 0) is 23.3 Å². The molecule has 0 radical (unpaired) electrons. The third kappa shape index (κ3) is 3.39. The maximum absolute atomic E-state index is 12.3. The Balaban J connectivity index is 1.91. The molecule has 110 valence electrons. The van der Waals surface area contributed by atoms with Gasteiger partial charge in [0, 0.05) is 23.9 Å². The molecule has 1 aliphatic heterocycles. The molecule has 4 nitrogen and oxygen atoms in total. The molecular formula is C15H22N2O2S. The van der Waals surface area contributed by atoms with Crippen LogP contribution in [0, 0.1) is 17.3 Å². The fraction of sp³-hybridized carbons (Fsp3) is 0.600. The molecular weight excluding hydrogens is 272 g/mol. The number of carbonyl (C=O) groups excluding carboxylic acids is 2. The fourth-order valence-corrected chi connectivity index (χ4v) is 3.31. The first-order valence-electron chi connectivity index (χ1n) is 6.97. The molecule has 20 heavy (non-hydrogen) atoms. The molecule has 0 spiro atoms. The first-order chi connectivity index (χ1) is 9.39. The molecule has 2 heterocycles. The lowest BCUT2D eigenvalue weighted by Gasteiger charge is -2.29. The summed E-state index contributed by atoms with van der Waals surface area (Å²) in [7, 11) is 0. The van der Waals surface area contributed by atoms with Gasteiger partial charge >= 0.3 is 0 Å². The smallest absolute Gasteiger partial charge is 0.232 e. The Bertz CT molecular complexity index is 477. The molecule has 0 unspecified atom stereocenters. The number of nitrogens with one attached hydrogen (secondary N) is 2. The lowest BCUT2D eigenvalue weighted by Crippen LogP contribution is -2.41. The van der Waals surface area contributed by atoms with Gasteiger partial charge in [0.1, 0.15) is 5.92 Å². The van der Waals surface area contributed by atoms with Gasteiger partial charge in [-0.1, -0.05) is 26.8 Å². The minimum atomic E-state index is -0.557. The minimum absolute atomic E-state index is 0.0525. The van der Waals surface area contributed by atoms with E-state index in [0.717, 1.165) is 6.42 Å². The molecule has 2 N–H and O–H groups in total. The molecule has 0 saturated carbocycles. The maximum Gasteiger partial charge on any atom is 0.232 e. The van der Waals surface area contributed by atoms with Gasteiger partial charge in [-0.15, -0.1) is 11.3 Å². The van der Waals surface area contributed by atoms with E-state index in [1.165, 1.54) is 4.88 Å². The lowest BCUT2D eigenvalue weighted by atomic mass is 9.74. The van der Waals surface area contributed by atoms with E-state index in [2.05, 4.69) is 37.5 Å². The summed E-state index contributed by atoms with van der Waals surface area (Å²) in [6.45, 7) is 7.39. The van der Waals surface area contributed by atoms with Crippen molar-refractivity contribution in [1.29, 1.82) is 0 Å². The second-order valence-electron chi connectivity index (χ2n) is 6.32. The number of hydrogen-bond acceptors (Lipinski definition) is 3. The van der Waals surface area contributed by atoms with Gasteiger partial charge in [-0.2, -0.15) is 0 Å². The van der Waals surface area contributed by atoms with Crippen LogP contribution in [0.3, 0.4) is 0 Å². The van der Waals surface area contributed by atoms with Crippen molar-refractivity contribution < 1.29 is 9.59 Å². The van der Waals surface area contributed by atoms with Crippen LogP contribution in [-0.4, -0.2) is 24.9 Å². The number of thiophene rings is 1. The molecule has 2 atom stereocenters. The zero-order valence-corrected chi connectivity index (χ0v) is 13.0. The number of amides is 2. The van der Waals surface area contributed by atoms with E-state index < -0.39 is 5.92 Å². The molecule has 1 fully saturated rings. The zero-order valence-electron chi connectivity index (χ0n) is 12.2. The van der Waals surface area contributed by atoms with E-state index in [0.29, 0.717) is 13.1 Å². The van der Waals surface area contributed by atoms with Crippen molar-refractivity contribution in [1.82, 2.24) is 10.6 Å². The molecule has 0 bridgehead atoms. The van der Waals surface area contributed by atoms with Gasteiger partial charge in [-0.25, -0.2) is 0 Å². The molecule has 2 rings (SSSR count). The third-order valence-corrected chi connectivity index (χ3v) is 4.76. The second-order valence-corrected chi connectivity index (χ2v) is 7.35. The van der Waals surface area contributed by atoms with Crippen LogP contribution in [0.15, 0.2) is 17.5 Å². The Hall–Kier alpha value is -1.36. The van der Waals surface area contributed by atoms with Gasteiger partial charge in [0.25, 0.3) is 0 Å². The highest BCUT2D eigenvalue weighted by molar-refractivity contribution is 7.09. The van der Waals surface area contributed by atoms with Crippen molar-refractivity contribution in [3.05, 3.63) is 22.4 Å². The Morgan fingerprint density at radius 1 is 1.50 bits per heavy atom. The summed E-state index contributed by atoms with van der Waals surface area (Å²) in [4.78, 5) is 25.4. The summed E-state index contributed by atoms with van der Waals surface area (Å²) < 4.78 is 0. The summed E-state index contributed by atoms with van der Waals surface area (Å²) in [6.07, 6.45) is 0.817. The number of hydrogen-bond donors (Lipinski definition) is 2. The largest absolute Gasteiger partial charge is 0.355 e. The highest BCUT2D eigenvalue weighted by Gasteiger charge is 2.45. The third-order valence-electron chi connectivity index (χ3n) is 3.83. The van der Waals surface area contributed by atoms with Crippen molar-refractivity contribution in [2.45, 2.75) is 27.2 Å². The highest BCUT2D eigenvalue weighted by atomic mass is 32.1. The normalized spacial score (nSPS) is 22.6. The molecule has 1 aliphatic rings. The molecule has 0 aliphatic carbocycles. The summed E-state index contributed by atoms with van der Waals surface area (Å²) in [6, 6.07) is 4.05. The van der Waals surface area contributed by atoms with E-state index in [9.17, 15) is 9.59 Å². The monoisotopic (exact) mass is 294 g/mol. The topological polar surface area (TPSA) is 58.2 Å². The average Bonchev–Trinajstić information content (AvgIpc) is 2.97. The second kappa shape index (κ2) is 5.95. The lowest BCUT2D eigenvalue weighted by molar-refractivity contribution is -0.135. The summed E-state index contributed by atoms with van der Waals surface area (Å²) in [5.74, 6) is -0.787. The van der Waals surface area contributed by atoms with Crippen LogP contribution in [0.2, 0.25) is 0 Å². The van der Waals surface area contributed by atoms with Crippen LogP contribution in [0.4, 0.5) is 0 Å². The summed E-state index contributed by atoms with van der Waals surface area (Å²) in [5, 5.41) is 7.74. The maximum atomic E-state index is 12.3. The van der Waals surface area contributed by atoms with Crippen LogP contribution in [-0.2, 0) is 16.0 Å². The van der Waals surface area contributed by atoms with Gasteiger partial charge in [0.2, 0.25) is 11.8 Å². The van der Waals surface area contributed by atoms with Gasteiger partial charge < -0.3 is 10.6 Å². The van der Waals surface area contributed by atoms with Crippen LogP contribution in [0.5, 0.6) is 0 Å². The van der Waals surface area contributed by atoms with Crippen LogP contribution in [0.25, 0.3) is 0 Å². The molecule has 1 aromatic rings. The predicted octanol–water partition coefficient (Wildman–Crippen LogP) is 1.82. The van der Waals surface area contributed by atoms with E-state index in [1.54, 1.807) is 11.3 Å². The summed E-state index contributed by atoms with van der Waals surface area (Å²) >= 11 is 1.68. The minimum Gasteiger partial charge on any atom is -0.355 e. The van der Waals surface area contributed by atoms with Crippen LogP contribution in [0.1, 0.15) is 25.6 Å². The Morgan fingerprint density at radius 3 is 2.85 bits per heavy atom. The van der Waals surface area contributed by atoms with Gasteiger partial charge in [0.05, 0.1) is 0 Å². The van der Waals surface area contributed by atoms with E-state index in [1.807, 2.05) is 11.4 Å². The molecule has 2 amide bonds. The van der Waals surface area contributed by atoms with Crippen molar-refractivity contribution in [2.75, 3.05) is 13.1 Å². The SMILES string of the molecule is CC(C)(C)[C@@H]1CNC(=O)[C@@H]1C(=O)NCCc1cccs1. The van der Waals surface area contributed by atoms with Crippen LogP contribution < -0.4 is 10.6 Å². The van der Waals surface area contributed by atoms with Crippen molar-refractivity contribution in [3.63, 3.8) is 0 Å². The standard InChI is InChI=1S/C15H22N2O2S/c1-15(2,3)11-9-17-14(19)12(11)13(18)16-7-6-10-5-4-8-20-10/h4-5,8,11-12H,6-7,9H2,1-3H3,(H,16,18)(H,17,19)/t11-,12+/m1/s1. The van der Waals surface area contributed by atoms with Gasteiger partial charge in [-0.3, -0.25) is 9.59 Å². The Kier molecular flexibility index (Phi) is 4.48. The van der Waals surface area contributed by atoms with Crippen molar-refractivity contribution in [3.8, 4) is 0 Å². The highest BCUT2D eigenvalue weighted by Crippen LogP contribution is 2.35. The Labute approximate surface area is 124 Å². The number of rotatable bonds is 4. The predicted molar refractivity (Wildman–Crippen MR) is 80.5 cm³/mol. The van der Waals surface area contributed by atoms with E-state index in [4.69, 9.17) is 0 Å². The summed E-state index contributed by atoms with van der Waals surface area (Å²) in [5.41, 5.74) is -0.0606. The molecule has 1 aromatic heterocycles. The molecule has 0 aromatic carbocycles. The first-order valence-corrected chi connectivity index (χ1v) is 7.85.